The number of hydrogen-bond acceptors (Lipinski definition) is 5. The number of carbonyl (C=O) groups excluding carboxylic acids is 1. The number of benzene rings is 1. The second-order valence-electron chi connectivity index (χ2n) is 7.42. The molecule has 1 saturated carbocycles. The lowest BCUT2D eigenvalue weighted by molar-refractivity contribution is -0.131. The zero-order valence-corrected chi connectivity index (χ0v) is 17.0. The minimum atomic E-state index is -0.0599. The highest BCUT2D eigenvalue weighted by atomic mass is 32.2. The van der Waals surface area contributed by atoms with Crippen LogP contribution >= 0.6 is 23.1 Å². The van der Waals surface area contributed by atoms with Gasteiger partial charge in [-0.3, -0.25) is 14.0 Å². The van der Waals surface area contributed by atoms with Crippen molar-refractivity contribution in [3.8, 4) is 0 Å². The van der Waals surface area contributed by atoms with Crippen molar-refractivity contribution in [2.45, 2.75) is 43.5 Å². The Labute approximate surface area is 171 Å². The van der Waals surface area contributed by atoms with E-state index in [9.17, 15) is 9.59 Å². The molecular formula is C21H21N3O2S2. The summed E-state index contributed by atoms with van der Waals surface area (Å²) in [6.07, 6.45) is 6.05. The van der Waals surface area contributed by atoms with Gasteiger partial charge in [-0.15, -0.1) is 23.1 Å². The lowest BCUT2D eigenvalue weighted by Gasteiger charge is -2.30. The highest BCUT2D eigenvalue weighted by Crippen LogP contribution is 2.42. The molecule has 2 aliphatic rings. The molecule has 28 heavy (non-hydrogen) atoms. The Balaban J connectivity index is 1.27. The fourth-order valence-corrected chi connectivity index (χ4v) is 5.61. The Morgan fingerprint density at radius 1 is 1.29 bits per heavy atom. The molecule has 2 aromatic heterocycles. The van der Waals surface area contributed by atoms with E-state index < -0.39 is 0 Å². The summed E-state index contributed by atoms with van der Waals surface area (Å²) in [6, 6.07) is 10.7. The third kappa shape index (κ3) is 3.37. The van der Waals surface area contributed by atoms with Crippen LogP contribution in [-0.4, -0.2) is 32.0 Å². The molecule has 0 aliphatic heterocycles. The van der Waals surface area contributed by atoms with E-state index in [0.717, 1.165) is 31.4 Å². The van der Waals surface area contributed by atoms with Crippen LogP contribution in [0.3, 0.4) is 0 Å². The predicted octanol–water partition coefficient (Wildman–Crippen LogP) is 3.67. The molecular weight excluding hydrogens is 390 g/mol. The van der Waals surface area contributed by atoms with Crippen LogP contribution in [0.1, 0.15) is 42.1 Å². The molecule has 5 rings (SSSR count). The number of amides is 1. The van der Waals surface area contributed by atoms with Gasteiger partial charge in [0.05, 0.1) is 17.5 Å². The second-order valence-corrected chi connectivity index (χ2v) is 9.28. The van der Waals surface area contributed by atoms with E-state index in [2.05, 4.69) is 34.1 Å². The summed E-state index contributed by atoms with van der Waals surface area (Å²) in [5.74, 6) is 1.22. The van der Waals surface area contributed by atoms with Crippen molar-refractivity contribution in [1.29, 1.82) is 0 Å². The van der Waals surface area contributed by atoms with Gasteiger partial charge in [-0.1, -0.05) is 24.3 Å². The van der Waals surface area contributed by atoms with E-state index in [4.69, 9.17) is 0 Å². The molecule has 1 unspecified atom stereocenters. The number of fused-ring (bicyclic) bond motifs is 2. The van der Waals surface area contributed by atoms with Gasteiger partial charge in [0.1, 0.15) is 0 Å². The number of aryl methyl sites for hydroxylation is 1. The first-order valence-corrected chi connectivity index (χ1v) is 11.7. The van der Waals surface area contributed by atoms with Gasteiger partial charge in [0.15, 0.2) is 4.96 Å². The van der Waals surface area contributed by atoms with E-state index in [0.29, 0.717) is 22.5 Å². The largest absolute Gasteiger partial charge is 0.332 e. The molecule has 2 aliphatic carbocycles. The number of rotatable bonds is 6. The molecule has 1 atom stereocenters. The zero-order chi connectivity index (χ0) is 19.1. The van der Waals surface area contributed by atoms with E-state index >= 15 is 0 Å². The van der Waals surface area contributed by atoms with Gasteiger partial charge in [0.25, 0.3) is 5.56 Å². The molecule has 144 valence electrons. The van der Waals surface area contributed by atoms with Crippen molar-refractivity contribution >= 4 is 34.0 Å². The molecule has 7 heteroatoms. The number of nitrogens with zero attached hydrogens (tertiary/aromatic N) is 3. The molecule has 3 aromatic rings. The van der Waals surface area contributed by atoms with E-state index in [1.807, 2.05) is 5.38 Å². The first-order chi connectivity index (χ1) is 13.7. The average molecular weight is 412 g/mol. The normalized spacial score (nSPS) is 18.4. The van der Waals surface area contributed by atoms with Gasteiger partial charge in [0, 0.05) is 29.4 Å². The number of thioether (sulfide) groups is 1. The molecule has 1 amide bonds. The van der Waals surface area contributed by atoms with Gasteiger partial charge in [-0.2, -0.15) is 0 Å². The number of aromatic nitrogens is 2. The molecule has 0 N–H and O–H groups in total. The first-order valence-electron chi connectivity index (χ1n) is 9.63. The van der Waals surface area contributed by atoms with Crippen LogP contribution in [0.2, 0.25) is 0 Å². The predicted molar refractivity (Wildman–Crippen MR) is 113 cm³/mol. The highest BCUT2D eigenvalue weighted by Gasteiger charge is 2.39. The molecule has 2 heterocycles. The van der Waals surface area contributed by atoms with Crippen LogP contribution in [-0.2, 0) is 17.0 Å². The number of carbonyl (C=O) groups is 1. The Morgan fingerprint density at radius 3 is 3.00 bits per heavy atom. The fraction of sp³-hybridized carbons (Fsp3) is 0.381. The standard InChI is InChI=1S/C21H21N3O2S2/c25-19-11-15(22-21-23(19)9-10-28-21)12-27-13-20(26)24(16-6-7-16)18-8-5-14-3-1-2-4-17(14)18/h1-4,9-11,16,18H,5-8,12-13H2. The van der Waals surface area contributed by atoms with Gasteiger partial charge in [-0.05, 0) is 36.8 Å². The summed E-state index contributed by atoms with van der Waals surface area (Å²) < 4.78 is 1.55. The molecule has 0 bridgehead atoms. The van der Waals surface area contributed by atoms with E-state index in [1.54, 1.807) is 28.4 Å². The Hall–Kier alpha value is -2.12. The topological polar surface area (TPSA) is 54.7 Å². The Morgan fingerprint density at radius 2 is 2.14 bits per heavy atom. The van der Waals surface area contributed by atoms with Crippen molar-refractivity contribution in [3.05, 3.63) is 69.1 Å². The number of hydrogen-bond donors (Lipinski definition) is 0. The van der Waals surface area contributed by atoms with E-state index in [1.165, 1.54) is 22.5 Å². The fourth-order valence-electron chi connectivity index (χ4n) is 4.09. The summed E-state index contributed by atoms with van der Waals surface area (Å²) in [5, 5.41) is 1.86. The van der Waals surface area contributed by atoms with Crippen LogP contribution < -0.4 is 5.56 Å². The quantitative estimate of drug-likeness (QED) is 0.621. The Bertz CT molecular complexity index is 1090. The lowest BCUT2D eigenvalue weighted by Crippen LogP contribution is -2.37. The molecule has 1 aromatic carbocycles. The highest BCUT2D eigenvalue weighted by molar-refractivity contribution is 7.99. The van der Waals surface area contributed by atoms with Crippen molar-refractivity contribution < 1.29 is 4.79 Å². The third-order valence-corrected chi connectivity index (χ3v) is 7.20. The number of thiazole rings is 1. The van der Waals surface area contributed by atoms with Crippen molar-refractivity contribution in [3.63, 3.8) is 0 Å². The molecule has 5 nitrogen and oxygen atoms in total. The van der Waals surface area contributed by atoms with Crippen molar-refractivity contribution in [1.82, 2.24) is 14.3 Å². The van der Waals surface area contributed by atoms with Gasteiger partial charge < -0.3 is 4.90 Å². The van der Waals surface area contributed by atoms with Gasteiger partial charge in [0.2, 0.25) is 5.91 Å². The maximum Gasteiger partial charge on any atom is 0.258 e. The maximum absolute atomic E-state index is 13.1. The van der Waals surface area contributed by atoms with Crippen molar-refractivity contribution in [2.24, 2.45) is 0 Å². The minimum absolute atomic E-state index is 0.0599. The van der Waals surface area contributed by atoms with Crippen LogP contribution in [0.25, 0.3) is 4.96 Å². The molecule has 1 fully saturated rings. The summed E-state index contributed by atoms with van der Waals surface area (Å²) >= 11 is 3.00. The summed E-state index contributed by atoms with van der Waals surface area (Å²) in [6.45, 7) is 0. The SMILES string of the molecule is O=C(CSCc1cc(=O)n2ccsc2n1)N(C1CC1)C1CCc2ccccc21. The third-order valence-electron chi connectivity index (χ3n) is 5.50. The first kappa shape index (κ1) is 17.9. The maximum atomic E-state index is 13.1. The average Bonchev–Trinajstić information content (AvgIpc) is 3.24. The summed E-state index contributed by atoms with van der Waals surface area (Å²) in [5.41, 5.74) is 3.39. The van der Waals surface area contributed by atoms with E-state index in [-0.39, 0.29) is 17.5 Å². The van der Waals surface area contributed by atoms with Crippen LogP contribution in [0.5, 0.6) is 0 Å². The summed E-state index contributed by atoms with van der Waals surface area (Å²) in [4.78, 5) is 32.5. The van der Waals surface area contributed by atoms with Crippen LogP contribution in [0, 0.1) is 0 Å². The smallest absolute Gasteiger partial charge is 0.258 e. The van der Waals surface area contributed by atoms with Crippen LogP contribution in [0.4, 0.5) is 0 Å². The van der Waals surface area contributed by atoms with Crippen LogP contribution in [0.15, 0.2) is 46.7 Å². The molecule has 0 radical (unpaired) electrons. The monoisotopic (exact) mass is 411 g/mol. The minimum Gasteiger partial charge on any atom is -0.332 e. The van der Waals surface area contributed by atoms with Gasteiger partial charge >= 0.3 is 0 Å². The Kier molecular flexibility index (Phi) is 4.72. The molecule has 0 saturated heterocycles. The lowest BCUT2D eigenvalue weighted by atomic mass is 10.1. The summed E-state index contributed by atoms with van der Waals surface area (Å²) in [7, 11) is 0. The molecule has 0 spiro atoms. The van der Waals surface area contributed by atoms with Gasteiger partial charge in [-0.25, -0.2) is 4.98 Å². The van der Waals surface area contributed by atoms with Crippen molar-refractivity contribution in [2.75, 3.05) is 5.75 Å². The second kappa shape index (κ2) is 7.37. The zero-order valence-electron chi connectivity index (χ0n) is 15.4.